The summed E-state index contributed by atoms with van der Waals surface area (Å²) in [6.07, 6.45) is 0. The van der Waals surface area contributed by atoms with Gasteiger partial charge in [-0.05, 0) is 12.5 Å². The van der Waals surface area contributed by atoms with Crippen molar-refractivity contribution in [3.8, 4) is 0 Å². The maximum absolute atomic E-state index is 11.5. The van der Waals surface area contributed by atoms with Crippen molar-refractivity contribution in [2.24, 2.45) is 0 Å². The highest BCUT2D eigenvalue weighted by Gasteiger charge is 2.35. The van der Waals surface area contributed by atoms with Crippen LogP contribution in [0.4, 0.5) is 0 Å². The summed E-state index contributed by atoms with van der Waals surface area (Å²) < 4.78 is 29.1. The van der Waals surface area contributed by atoms with E-state index >= 15 is 0 Å². The van der Waals surface area contributed by atoms with E-state index in [4.69, 9.17) is 4.18 Å². The average Bonchev–Trinajstić information content (AvgIpc) is 2.47. The van der Waals surface area contributed by atoms with Crippen LogP contribution in [0.3, 0.4) is 0 Å². The van der Waals surface area contributed by atoms with Gasteiger partial charge < -0.3 is 0 Å². The van der Waals surface area contributed by atoms with Crippen LogP contribution in [-0.2, 0) is 21.0 Å². The number of benzene rings is 1. The molecule has 1 atom stereocenters. The van der Waals surface area contributed by atoms with Crippen LogP contribution in [0.1, 0.15) is 12.5 Å². The maximum atomic E-state index is 11.5. The van der Waals surface area contributed by atoms with E-state index in [0.717, 1.165) is 5.56 Å². The van der Waals surface area contributed by atoms with E-state index in [1.807, 2.05) is 37.3 Å². The molecule has 0 aromatic heterocycles. The third kappa shape index (κ3) is 2.19. The Morgan fingerprint density at radius 1 is 1.40 bits per heavy atom. The first-order chi connectivity index (χ1) is 7.09. The summed E-state index contributed by atoms with van der Waals surface area (Å²) in [4.78, 5) is 0. The van der Waals surface area contributed by atoms with Crippen LogP contribution in [0.15, 0.2) is 30.3 Å². The van der Waals surface area contributed by atoms with E-state index in [0.29, 0.717) is 6.54 Å². The maximum Gasteiger partial charge on any atom is 0.339 e. The van der Waals surface area contributed by atoms with Crippen LogP contribution < -0.4 is 0 Å². The van der Waals surface area contributed by atoms with Gasteiger partial charge in [0.25, 0.3) is 0 Å². The summed E-state index contributed by atoms with van der Waals surface area (Å²) in [5.74, 6) is 0. The van der Waals surface area contributed by atoms with E-state index in [1.165, 1.54) is 4.31 Å². The van der Waals surface area contributed by atoms with Crippen LogP contribution in [-0.4, -0.2) is 25.4 Å². The Morgan fingerprint density at radius 3 is 2.60 bits per heavy atom. The van der Waals surface area contributed by atoms with Crippen LogP contribution in [0.5, 0.6) is 0 Å². The second-order valence-corrected chi connectivity index (χ2v) is 5.18. The molecule has 2 rings (SSSR count). The van der Waals surface area contributed by atoms with Gasteiger partial charge in [0.05, 0.1) is 6.61 Å². The van der Waals surface area contributed by atoms with Crippen molar-refractivity contribution in [1.29, 1.82) is 0 Å². The molecule has 1 aliphatic rings. The van der Waals surface area contributed by atoms with Gasteiger partial charge in [-0.2, -0.15) is 12.7 Å². The molecule has 1 unspecified atom stereocenters. The molecule has 4 nitrogen and oxygen atoms in total. The van der Waals surface area contributed by atoms with Crippen molar-refractivity contribution >= 4 is 10.3 Å². The molecule has 1 aromatic rings. The zero-order chi connectivity index (χ0) is 10.9. The summed E-state index contributed by atoms with van der Waals surface area (Å²) in [5.41, 5.74) is 0.971. The second-order valence-electron chi connectivity index (χ2n) is 3.62. The fourth-order valence-corrected chi connectivity index (χ4v) is 2.87. The van der Waals surface area contributed by atoms with Gasteiger partial charge >= 0.3 is 10.3 Å². The zero-order valence-electron chi connectivity index (χ0n) is 8.46. The van der Waals surface area contributed by atoms with E-state index < -0.39 is 10.3 Å². The fraction of sp³-hybridized carbons (Fsp3) is 0.400. The van der Waals surface area contributed by atoms with Gasteiger partial charge in [0.15, 0.2) is 0 Å². The van der Waals surface area contributed by atoms with Crippen molar-refractivity contribution in [2.45, 2.75) is 19.5 Å². The Hall–Kier alpha value is -0.910. The number of nitrogens with zero attached hydrogens (tertiary/aromatic N) is 1. The van der Waals surface area contributed by atoms with Crippen molar-refractivity contribution in [3.63, 3.8) is 0 Å². The standard InChI is InChI=1S/C10H13NO3S/c1-9-8-14-15(12,13)11(9)7-10-5-3-2-4-6-10/h2-6,9H,7-8H2,1H3. The molecule has 0 bridgehead atoms. The summed E-state index contributed by atoms with van der Waals surface area (Å²) in [5, 5.41) is 0. The highest BCUT2D eigenvalue weighted by molar-refractivity contribution is 7.84. The SMILES string of the molecule is CC1COS(=O)(=O)N1Cc1ccccc1. The molecule has 15 heavy (non-hydrogen) atoms. The highest BCUT2D eigenvalue weighted by Crippen LogP contribution is 2.20. The van der Waals surface area contributed by atoms with Crippen LogP contribution in [0, 0.1) is 0 Å². The van der Waals surface area contributed by atoms with Gasteiger partial charge in [0.2, 0.25) is 0 Å². The van der Waals surface area contributed by atoms with E-state index in [9.17, 15) is 8.42 Å². The quantitative estimate of drug-likeness (QED) is 0.761. The lowest BCUT2D eigenvalue weighted by Crippen LogP contribution is -2.31. The molecular weight excluding hydrogens is 214 g/mol. The summed E-state index contributed by atoms with van der Waals surface area (Å²) in [6, 6.07) is 9.41. The normalized spacial score (nSPS) is 25.5. The molecule has 1 fully saturated rings. The largest absolute Gasteiger partial charge is 0.339 e. The first-order valence-electron chi connectivity index (χ1n) is 4.80. The van der Waals surface area contributed by atoms with E-state index in [2.05, 4.69) is 0 Å². The molecule has 1 aromatic carbocycles. The molecule has 0 N–H and O–H groups in total. The first-order valence-corrected chi connectivity index (χ1v) is 6.16. The summed E-state index contributed by atoms with van der Waals surface area (Å²) in [7, 11) is -3.50. The average molecular weight is 227 g/mol. The molecule has 1 heterocycles. The Labute approximate surface area is 89.7 Å². The Morgan fingerprint density at radius 2 is 2.07 bits per heavy atom. The van der Waals surface area contributed by atoms with Gasteiger partial charge in [0, 0.05) is 12.6 Å². The molecule has 0 spiro atoms. The molecule has 5 heteroatoms. The highest BCUT2D eigenvalue weighted by atomic mass is 32.2. The molecule has 82 valence electrons. The minimum absolute atomic E-state index is 0.0878. The number of hydrogen-bond donors (Lipinski definition) is 0. The number of hydrogen-bond acceptors (Lipinski definition) is 3. The minimum Gasteiger partial charge on any atom is -0.256 e. The molecule has 0 aliphatic carbocycles. The molecule has 1 aliphatic heterocycles. The van der Waals surface area contributed by atoms with Crippen molar-refractivity contribution < 1.29 is 12.6 Å². The van der Waals surface area contributed by atoms with Gasteiger partial charge in [-0.3, -0.25) is 4.18 Å². The monoisotopic (exact) mass is 227 g/mol. The predicted molar refractivity (Wildman–Crippen MR) is 56.3 cm³/mol. The van der Waals surface area contributed by atoms with Crippen LogP contribution in [0.25, 0.3) is 0 Å². The minimum atomic E-state index is -3.50. The van der Waals surface area contributed by atoms with Gasteiger partial charge in [-0.15, -0.1) is 0 Å². The zero-order valence-corrected chi connectivity index (χ0v) is 9.28. The van der Waals surface area contributed by atoms with Crippen LogP contribution in [0.2, 0.25) is 0 Å². The van der Waals surface area contributed by atoms with Gasteiger partial charge in [-0.1, -0.05) is 30.3 Å². The van der Waals surface area contributed by atoms with Crippen molar-refractivity contribution in [1.82, 2.24) is 4.31 Å². The van der Waals surface area contributed by atoms with Gasteiger partial charge in [-0.25, -0.2) is 0 Å². The van der Waals surface area contributed by atoms with Gasteiger partial charge in [0.1, 0.15) is 0 Å². The topological polar surface area (TPSA) is 46.6 Å². The smallest absolute Gasteiger partial charge is 0.256 e. The predicted octanol–water partition coefficient (Wildman–Crippen LogP) is 1.15. The van der Waals surface area contributed by atoms with E-state index in [-0.39, 0.29) is 12.6 Å². The summed E-state index contributed by atoms with van der Waals surface area (Å²) >= 11 is 0. The third-order valence-electron chi connectivity index (χ3n) is 2.42. The molecule has 1 saturated heterocycles. The third-order valence-corrected chi connectivity index (χ3v) is 3.92. The van der Waals surface area contributed by atoms with E-state index in [1.54, 1.807) is 0 Å². The van der Waals surface area contributed by atoms with Crippen molar-refractivity contribution in [3.05, 3.63) is 35.9 Å². The fourth-order valence-electron chi connectivity index (χ4n) is 1.55. The molecule has 0 amide bonds. The van der Waals surface area contributed by atoms with Crippen LogP contribution >= 0.6 is 0 Å². The van der Waals surface area contributed by atoms with Crippen molar-refractivity contribution in [2.75, 3.05) is 6.61 Å². The lowest BCUT2D eigenvalue weighted by molar-refractivity contribution is 0.323. The lowest BCUT2D eigenvalue weighted by atomic mass is 10.2. The number of rotatable bonds is 2. The summed E-state index contributed by atoms with van der Waals surface area (Å²) in [6.45, 7) is 2.47. The molecular formula is C10H13NO3S. The lowest BCUT2D eigenvalue weighted by Gasteiger charge is -2.16. The Bertz CT molecular complexity index is 429. The first kappa shape index (κ1) is 10.6. The Balaban J connectivity index is 2.19. The molecule has 0 saturated carbocycles. The Kier molecular flexibility index (Phi) is 2.77. The molecule has 0 radical (unpaired) electrons. The second kappa shape index (κ2) is 3.92.